The van der Waals surface area contributed by atoms with Crippen LogP contribution in [0.3, 0.4) is 0 Å². The largest absolute Gasteiger partial charge is 0.508 e. The monoisotopic (exact) mass is 213 g/mol. The number of aliphatic hydroxyl groups excluding tert-OH is 2. The van der Waals surface area contributed by atoms with E-state index in [1.54, 1.807) is 0 Å². The third-order valence-corrected chi connectivity index (χ3v) is 2.36. The van der Waals surface area contributed by atoms with Crippen LogP contribution in [0, 0.1) is 6.92 Å². The lowest BCUT2D eigenvalue weighted by molar-refractivity contribution is 0.0229. The molecule has 0 bridgehead atoms. The van der Waals surface area contributed by atoms with Crippen molar-refractivity contribution >= 4 is 0 Å². The SMILES string of the molecule is Cc1c(O)ccc(C(O)C(O)CN)c1O. The van der Waals surface area contributed by atoms with E-state index in [9.17, 15) is 20.4 Å². The second kappa shape index (κ2) is 4.48. The van der Waals surface area contributed by atoms with E-state index < -0.39 is 12.2 Å². The number of aromatic hydroxyl groups is 2. The minimum atomic E-state index is -1.26. The zero-order chi connectivity index (χ0) is 11.6. The van der Waals surface area contributed by atoms with Gasteiger partial charge in [-0.05, 0) is 19.1 Å². The molecule has 0 amide bonds. The van der Waals surface area contributed by atoms with E-state index in [1.165, 1.54) is 19.1 Å². The first-order chi connectivity index (χ1) is 6.99. The quantitative estimate of drug-likeness (QED) is 0.476. The van der Waals surface area contributed by atoms with Crippen molar-refractivity contribution in [3.63, 3.8) is 0 Å². The first kappa shape index (κ1) is 11.8. The molecule has 6 N–H and O–H groups in total. The molecule has 0 aromatic heterocycles. The van der Waals surface area contributed by atoms with Crippen LogP contribution in [0.4, 0.5) is 0 Å². The smallest absolute Gasteiger partial charge is 0.128 e. The highest BCUT2D eigenvalue weighted by Crippen LogP contribution is 2.34. The van der Waals surface area contributed by atoms with Gasteiger partial charge in [-0.2, -0.15) is 0 Å². The number of phenols is 2. The molecule has 0 aliphatic heterocycles. The molecule has 5 nitrogen and oxygen atoms in total. The first-order valence-electron chi connectivity index (χ1n) is 4.56. The molecule has 0 saturated heterocycles. The summed E-state index contributed by atoms with van der Waals surface area (Å²) in [6, 6.07) is 2.69. The van der Waals surface area contributed by atoms with Crippen molar-refractivity contribution in [2.45, 2.75) is 19.1 Å². The Morgan fingerprint density at radius 1 is 1.27 bits per heavy atom. The van der Waals surface area contributed by atoms with Gasteiger partial charge in [0.1, 0.15) is 17.6 Å². The van der Waals surface area contributed by atoms with Gasteiger partial charge in [0.25, 0.3) is 0 Å². The summed E-state index contributed by atoms with van der Waals surface area (Å²) in [6.45, 7) is 1.40. The van der Waals surface area contributed by atoms with Crippen molar-refractivity contribution in [1.82, 2.24) is 0 Å². The van der Waals surface area contributed by atoms with Crippen molar-refractivity contribution in [1.29, 1.82) is 0 Å². The number of hydrogen-bond acceptors (Lipinski definition) is 5. The zero-order valence-electron chi connectivity index (χ0n) is 8.38. The highest BCUT2D eigenvalue weighted by atomic mass is 16.3. The Hall–Kier alpha value is -1.30. The molecule has 84 valence electrons. The molecule has 1 aromatic carbocycles. The maximum absolute atomic E-state index is 9.62. The molecule has 5 heteroatoms. The summed E-state index contributed by atoms with van der Waals surface area (Å²) in [4.78, 5) is 0. The van der Waals surface area contributed by atoms with E-state index in [-0.39, 0.29) is 29.2 Å². The van der Waals surface area contributed by atoms with E-state index in [0.29, 0.717) is 0 Å². The molecule has 0 radical (unpaired) electrons. The van der Waals surface area contributed by atoms with Gasteiger partial charge in [0.15, 0.2) is 0 Å². The fourth-order valence-electron chi connectivity index (χ4n) is 1.29. The van der Waals surface area contributed by atoms with Gasteiger partial charge >= 0.3 is 0 Å². The number of nitrogens with two attached hydrogens (primary N) is 1. The van der Waals surface area contributed by atoms with E-state index in [0.717, 1.165) is 0 Å². The van der Waals surface area contributed by atoms with Gasteiger partial charge in [-0.1, -0.05) is 0 Å². The van der Waals surface area contributed by atoms with Crippen LogP contribution in [-0.4, -0.2) is 33.1 Å². The van der Waals surface area contributed by atoms with Crippen LogP contribution in [0.5, 0.6) is 11.5 Å². The lowest BCUT2D eigenvalue weighted by atomic mass is 10.0. The van der Waals surface area contributed by atoms with Crippen LogP contribution >= 0.6 is 0 Å². The number of aliphatic hydroxyl groups is 2. The van der Waals surface area contributed by atoms with Gasteiger partial charge < -0.3 is 26.2 Å². The Morgan fingerprint density at radius 3 is 2.40 bits per heavy atom. The second-order valence-corrected chi connectivity index (χ2v) is 3.40. The Bertz CT molecular complexity index is 354. The third kappa shape index (κ3) is 2.20. The van der Waals surface area contributed by atoms with Gasteiger partial charge in [0.05, 0.1) is 6.10 Å². The van der Waals surface area contributed by atoms with Crippen molar-refractivity contribution in [2.75, 3.05) is 6.54 Å². The summed E-state index contributed by atoms with van der Waals surface area (Å²) in [5.41, 5.74) is 5.60. The molecular weight excluding hydrogens is 198 g/mol. The fourth-order valence-corrected chi connectivity index (χ4v) is 1.29. The van der Waals surface area contributed by atoms with E-state index in [4.69, 9.17) is 5.73 Å². The first-order valence-corrected chi connectivity index (χ1v) is 4.56. The summed E-state index contributed by atoms with van der Waals surface area (Å²) in [7, 11) is 0. The topological polar surface area (TPSA) is 107 Å². The van der Waals surface area contributed by atoms with Crippen molar-refractivity contribution in [2.24, 2.45) is 5.73 Å². The van der Waals surface area contributed by atoms with Gasteiger partial charge in [-0.25, -0.2) is 0 Å². The average Bonchev–Trinajstić information content (AvgIpc) is 2.24. The highest BCUT2D eigenvalue weighted by molar-refractivity contribution is 5.48. The van der Waals surface area contributed by atoms with Crippen LogP contribution in [0.1, 0.15) is 17.2 Å². The summed E-state index contributed by atoms with van der Waals surface area (Å²) >= 11 is 0. The fraction of sp³-hybridized carbons (Fsp3) is 0.400. The number of phenolic OH excluding ortho intramolecular Hbond substituents is 2. The highest BCUT2D eigenvalue weighted by Gasteiger charge is 2.21. The predicted molar refractivity (Wildman–Crippen MR) is 54.5 cm³/mol. The van der Waals surface area contributed by atoms with Gasteiger partial charge in [-0.15, -0.1) is 0 Å². The van der Waals surface area contributed by atoms with Gasteiger partial charge in [0, 0.05) is 17.7 Å². The molecule has 1 rings (SSSR count). The molecule has 0 heterocycles. The van der Waals surface area contributed by atoms with Crippen LogP contribution in [0.2, 0.25) is 0 Å². The van der Waals surface area contributed by atoms with Crippen LogP contribution < -0.4 is 5.73 Å². The maximum Gasteiger partial charge on any atom is 0.128 e. The van der Waals surface area contributed by atoms with E-state index >= 15 is 0 Å². The number of rotatable bonds is 3. The van der Waals surface area contributed by atoms with Crippen LogP contribution in [-0.2, 0) is 0 Å². The Labute approximate surface area is 87.4 Å². The molecule has 0 aliphatic carbocycles. The molecule has 2 unspecified atom stereocenters. The minimum Gasteiger partial charge on any atom is -0.508 e. The number of hydrogen-bond donors (Lipinski definition) is 5. The van der Waals surface area contributed by atoms with Gasteiger partial charge in [-0.3, -0.25) is 0 Å². The summed E-state index contributed by atoms with van der Waals surface area (Å²) < 4.78 is 0. The molecule has 0 spiro atoms. The van der Waals surface area contributed by atoms with Crippen LogP contribution in [0.15, 0.2) is 12.1 Å². The standard InChI is InChI=1S/C10H15NO4/c1-5-7(12)3-2-6(9(5)14)10(15)8(13)4-11/h2-3,8,10,12-15H,4,11H2,1H3. The van der Waals surface area contributed by atoms with E-state index in [2.05, 4.69) is 0 Å². The molecular formula is C10H15NO4. The van der Waals surface area contributed by atoms with E-state index in [1.807, 2.05) is 0 Å². The molecule has 0 aliphatic rings. The van der Waals surface area contributed by atoms with Crippen molar-refractivity contribution < 1.29 is 20.4 Å². The van der Waals surface area contributed by atoms with Crippen molar-refractivity contribution in [3.8, 4) is 11.5 Å². The zero-order valence-corrected chi connectivity index (χ0v) is 8.38. The lowest BCUT2D eigenvalue weighted by Crippen LogP contribution is -2.27. The Kier molecular flexibility index (Phi) is 3.52. The molecule has 0 fully saturated rings. The Balaban J connectivity index is 3.10. The minimum absolute atomic E-state index is 0.0642. The molecule has 15 heavy (non-hydrogen) atoms. The normalized spacial score (nSPS) is 14.9. The average molecular weight is 213 g/mol. The molecule has 2 atom stereocenters. The third-order valence-electron chi connectivity index (χ3n) is 2.36. The lowest BCUT2D eigenvalue weighted by Gasteiger charge is -2.18. The summed E-state index contributed by atoms with van der Waals surface area (Å²) in [6.07, 6.45) is -2.39. The van der Waals surface area contributed by atoms with Crippen LogP contribution in [0.25, 0.3) is 0 Å². The Morgan fingerprint density at radius 2 is 1.87 bits per heavy atom. The summed E-state index contributed by atoms with van der Waals surface area (Å²) in [5.74, 6) is -0.291. The maximum atomic E-state index is 9.62. The predicted octanol–water partition coefficient (Wildman–Crippen LogP) is -0.241. The number of benzene rings is 1. The second-order valence-electron chi connectivity index (χ2n) is 3.40. The van der Waals surface area contributed by atoms with Gasteiger partial charge in [0.2, 0.25) is 0 Å². The molecule has 1 aromatic rings. The van der Waals surface area contributed by atoms with Crippen molar-refractivity contribution in [3.05, 3.63) is 23.3 Å². The molecule has 0 saturated carbocycles. The summed E-state index contributed by atoms with van der Waals surface area (Å²) in [5, 5.41) is 37.8.